The Bertz CT molecular complexity index is 497. The van der Waals surface area contributed by atoms with Gasteiger partial charge >= 0.3 is 0 Å². The van der Waals surface area contributed by atoms with Crippen molar-refractivity contribution in [3.8, 4) is 0 Å². The van der Waals surface area contributed by atoms with Crippen LogP contribution in [0.3, 0.4) is 0 Å². The van der Waals surface area contributed by atoms with Gasteiger partial charge in [-0.3, -0.25) is 4.79 Å². The SMILES string of the molecule is CCSc1ccc(Cl)cc1C(=O)N1CCCC(CNC)C1.Cl. The van der Waals surface area contributed by atoms with E-state index in [1.807, 2.05) is 30.1 Å². The lowest BCUT2D eigenvalue weighted by Gasteiger charge is -2.33. The van der Waals surface area contributed by atoms with Crippen LogP contribution in [0.4, 0.5) is 0 Å². The van der Waals surface area contributed by atoms with E-state index >= 15 is 0 Å². The summed E-state index contributed by atoms with van der Waals surface area (Å²) in [4.78, 5) is 15.8. The fourth-order valence-corrected chi connectivity index (χ4v) is 3.77. The van der Waals surface area contributed by atoms with Crippen LogP contribution in [-0.2, 0) is 0 Å². The van der Waals surface area contributed by atoms with E-state index in [0.717, 1.165) is 42.3 Å². The molecule has 1 saturated heterocycles. The number of carbonyl (C=O) groups excluding carboxylic acids is 1. The number of hydrogen-bond donors (Lipinski definition) is 1. The smallest absolute Gasteiger partial charge is 0.255 e. The number of benzene rings is 1. The van der Waals surface area contributed by atoms with E-state index in [4.69, 9.17) is 11.6 Å². The van der Waals surface area contributed by atoms with Crippen molar-refractivity contribution in [3.63, 3.8) is 0 Å². The fraction of sp³-hybridized carbons (Fsp3) is 0.562. The molecule has 0 aliphatic carbocycles. The highest BCUT2D eigenvalue weighted by Crippen LogP contribution is 2.28. The minimum atomic E-state index is 0. The Labute approximate surface area is 148 Å². The Morgan fingerprint density at radius 3 is 2.95 bits per heavy atom. The molecule has 1 aromatic carbocycles. The van der Waals surface area contributed by atoms with Gasteiger partial charge in [0.2, 0.25) is 0 Å². The molecule has 1 N–H and O–H groups in total. The number of likely N-dealkylation sites (tertiary alicyclic amines) is 1. The highest BCUT2D eigenvalue weighted by atomic mass is 35.5. The normalized spacial score (nSPS) is 18.0. The Kier molecular flexibility index (Phi) is 8.62. The van der Waals surface area contributed by atoms with Crippen LogP contribution >= 0.6 is 35.8 Å². The molecule has 1 unspecified atom stereocenters. The van der Waals surface area contributed by atoms with Gasteiger partial charge in [0, 0.05) is 23.0 Å². The van der Waals surface area contributed by atoms with Gasteiger partial charge in [-0.1, -0.05) is 18.5 Å². The van der Waals surface area contributed by atoms with Crippen molar-refractivity contribution in [2.45, 2.75) is 24.7 Å². The van der Waals surface area contributed by atoms with Crippen molar-refractivity contribution in [2.75, 3.05) is 32.4 Å². The molecule has 0 saturated carbocycles. The largest absolute Gasteiger partial charge is 0.338 e. The van der Waals surface area contributed by atoms with Crippen LogP contribution in [0.1, 0.15) is 30.1 Å². The molecule has 1 amide bonds. The second-order valence-corrected chi connectivity index (χ2v) is 7.13. The summed E-state index contributed by atoms with van der Waals surface area (Å²) in [5, 5.41) is 3.84. The molecule has 1 aromatic rings. The molecule has 6 heteroatoms. The summed E-state index contributed by atoms with van der Waals surface area (Å²) in [6, 6.07) is 5.62. The number of hydrogen-bond acceptors (Lipinski definition) is 3. The first-order valence-electron chi connectivity index (χ1n) is 7.52. The Morgan fingerprint density at radius 2 is 2.27 bits per heavy atom. The quantitative estimate of drug-likeness (QED) is 0.804. The van der Waals surface area contributed by atoms with Crippen molar-refractivity contribution >= 4 is 41.7 Å². The van der Waals surface area contributed by atoms with Gasteiger partial charge in [-0.2, -0.15) is 0 Å². The van der Waals surface area contributed by atoms with E-state index in [0.29, 0.717) is 10.9 Å². The van der Waals surface area contributed by atoms with Crippen LogP contribution in [0.2, 0.25) is 5.02 Å². The molecule has 22 heavy (non-hydrogen) atoms. The Hall–Kier alpha value is -0.420. The zero-order valence-corrected chi connectivity index (χ0v) is 15.5. The first kappa shape index (κ1) is 19.6. The zero-order chi connectivity index (χ0) is 15.2. The average Bonchev–Trinajstić information content (AvgIpc) is 2.49. The van der Waals surface area contributed by atoms with Gasteiger partial charge in [0.05, 0.1) is 5.56 Å². The summed E-state index contributed by atoms with van der Waals surface area (Å²) in [5.74, 6) is 1.62. The summed E-state index contributed by atoms with van der Waals surface area (Å²) < 4.78 is 0. The second kappa shape index (κ2) is 9.66. The molecule has 1 aliphatic heterocycles. The Morgan fingerprint density at radius 1 is 1.50 bits per heavy atom. The number of nitrogens with one attached hydrogen (secondary N) is 1. The minimum Gasteiger partial charge on any atom is -0.338 e. The third-order valence-corrected chi connectivity index (χ3v) is 4.96. The molecule has 2 rings (SSSR count). The van der Waals surface area contributed by atoms with E-state index in [2.05, 4.69) is 12.2 Å². The third kappa shape index (κ3) is 5.05. The number of carbonyl (C=O) groups is 1. The molecule has 124 valence electrons. The topological polar surface area (TPSA) is 32.3 Å². The van der Waals surface area contributed by atoms with Crippen molar-refractivity contribution < 1.29 is 4.79 Å². The predicted octanol–water partition coefficient (Wildman–Crippen LogP) is 3.95. The first-order chi connectivity index (χ1) is 10.2. The lowest BCUT2D eigenvalue weighted by molar-refractivity contribution is 0.0671. The van der Waals surface area contributed by atoms with Crippen LogP contribution in [0.5, 0.6) is 0 Å². The molecular formula is C16H24Cl2N2OS. The summed E-state index contributed by atoms with van der Waals surface area (Å²) in [6.45, 7) is 4.75. The summed E-state index contributed by atoms with van der Waals surface area (Å²) in [7, 11) is 1.97. The molecule has 1 fully saturated rings. The second-order valence-electron chi connectivity index (χ2n) is 5.39. The van der Waals surface area contributed by atoms with Gasteiger partial charge in [0.25, 0.3) is 5.91 Å². The minimum absolute atomic E-state index is 0. The number of nitrogens with zero attached hydrogens (tertiary/aromatic N) is 1. The zero-order valence-electron chi connectivity index (χ0n) is 13.1. The van der Waals surface area contributed by atoms with E-state index < -0.39 is 0 Å². The van der Waals surface area contributed by atoms with Gasteiger partial charge in [-0.25, -0.2) is 0 Å². The molecule has 0 spiro atoms. The molecule has 0 radical (unpaired) electrons. The van der Waals surface area contributed by atoms with Crippen LogP contribution in [0, 0.1) is 5.92 Å². The fourth-order valence-electron chi connectivity index (χ4n) is 2.83. The molecule has 0 bridgehead atoms. The van der Waals surface area contributed by atoms with Crippen LogP contribution < -0.4 is 5.32 Å². The van der Waals surface area contributed by atoms with E-state index in [-0.39, 0.29) is 18.3 Å². The molecule has 0 aromatic heterocycles. The lowest BCUT2D eigenvalue weighted by atomic mass is 9.97. The number of halogens is 2. The molecule has 1 aliphatic rings. The van der Waals surface area contributed by atoms with E-state index in [1.54, 1.807) is 11.8 Å². The molecule has 1 heterocycles. The number of rotatable bonds is 5. The molecule has 3 nitrogen and oxygen atoms in total. The number of piperidine rings is 1. The summed E-state index contributed by atoms with van der Waals surface area (Å²) in [6.07, 6.45) is 2.27. The highest BCUT2D eigenvalue weighted by molar-refractivity contribution is 7.99. The van der Waals surface area contributed by atoms with Gasteiger partial charge in [-0.05, 0) is 56.3 Å². The van der Waals surface area contributed by atoms with Crippen molar-refractivity contribution in [3.05, 3.63) is 28.8 Å². The average molecular weight is 363 g/mol. The molecule has 1 atom stereocenters. The van der Waals surface area contributed by atoms with Gasteiger partial charge in [-0.15, -0.1) is 24.2 Å². The van der Waals surface area contributed by atoms with Gasteiger partial charge in [0.15, 0.2) is 0 Å². The monoisotopic (exact) mass is 362 g/mol. The maximum atomic E-state index is 12.8. The van der Waals surface area contributed by atoms with E-state index in [1.165, 1.54) is 6.42 Å². The first-order valence-corrected chi connectivity index (χ1v) is 8.88. The lowest BCUT2D eigenvalue weighted by Crippen LogP contribution is -2.42. The van der Waals surface area contributed by atoms with Crippen molar-refractivity contribution in [1.29, 1.82) is 0 Å². The summed E-state index contributed by atoms with van der Waals surface area (Å²) in [5.41, 5.74) is 0.749. The van der Waals surface area contributed by atoms with Gasteiger partial charge in [0.1, 0.15) is 0 Å². The predicted molar refractivity (Wildman–Crippen MR) is 97.7 cm³/mol. The van der Waals surface area contributed by atoms with Crippen LogP contribution in [-0.4, -0.2) is 43.2 Å². The third-order valence-electron chi connectivity index (χ3n) is 3.77. The van der Waals surface area contributed by atoms with Crippen molar-refractivity contribution in [2.24, 2.45) is 5.92 Å². The van der Waals surface area contributed by atoms with E-state index in [9.17, 15) is 4.79 Å². The number of amides is 1. The van der Waals surface area contributed by atoms with Crippen LogP contribution in [0.25, 0.3) is 0 Å². The Balaban J connectivity index is 0.00000242. The summed E-state index contributed by atoms with van der Waals surface area (Å²) >= 11 is 7.78. The van der Waals surface area contributed by atoms with Gasteiger partial charge < -0.3 is 10.2 Å². The highest BCUT2D eigenvalue weighted by Gasteiger charge is 2.25. The number of thioether (sulfide) groups is 1. The van der Waals surface area contributed by atoms with Crippen LogP contribution in [0.15, 0.2) is 23.1 Å². The maximum absolute atomic E-state index is 12.8. The maximum Gasteiger partial charge on any atom is 0.255 e. The standard InChI is InChI=1S/C16H23ClN2OS.ClH/c1-3-21-15-7-6-13(17)9-14(15)16(20)19-8-4-5-12(11-19)10-18-2;/h6-7,9,12,18H,3-5,8,10-11H2,1-2H3;1H. The molecular weight excluding hydrogens is 339 g/mol. The van der Waals surface area contributed by atoms with Crippen molar-refractivity contribution in [1.82, 2.24) is 10.2 Å².